The maximum Gasteiger partial charge on any atom is 0.289 e. The van der Waals surface area contributed by atoms with E-state index in [9.17, 15) is 18.5 Å². The Balaban J connectivity index is 2.27. The van der Waals surface area contributed by atoms with E-state index in [2.05, 4.69) is 10.0 Å². The summed E-state index contributed by atoms with van der Waals surface area (Å²) >= 11 is 5.67. The topological polar surface area (TPSA) is 111 Å². The van der Waals surface area contributed by atoms with Crippen molar-refractivity contribution in [3.05, 3.63) is 33.3 Å². The van der Waals surface area contributed by atoms with Crippen LogP contribution >= 0.6 is 11.6 Å². The lowest BCUT2D eigenvalue weighted by atomic mass is 10.2. The zero-order valence-corrected chi connectivity index (χ0v) is 12.6. The van der Waals surface area contributed by atoms with E-state index in [0.29, 0.717) is 13.1 Å². The smallest absolute Gasteiger partial charge is 0.289 e. The number of hydrogen-bond donors (Lipinski definition) is 2. The molecule has 1 unspecified atom stereocenters. The molecule has 0 bridgehead atoms. The molecular formula is C11H14ClN3O5S. The molecule has 1 aromatic carbocycles. The van der Waals surface area contributed by atoms with Crippen LogP contribution in [0.25, 0.3) is 0 Å². The van der Waals surface area contributed by atoms with Gasteiger partial charge >= 0.3 is 0 Å². The Labute approximate surface area is 126 Å². The fourth-order valence-corrected chi connectivity index (χ4v) is 3.56. The Bertz CT molecular complexity index is 651. The molecule has 21 heavy (non-hydrogen) atoms. The lowest BCUT2D eigenvalue weighted by molar-refractivity contribution is -0.384. The van der Waals surface area contributed by atoms with Gasteiger partial charge in [0.1, 0.15) is 5.02 Å². The minimum atomic E-state index is -3.89. The van der Waals surface area contributed by atoms with E-state index < -0.39 is 26.7 Å². The van der Waals surface area contributed by atoms with Crippen LogP contribution in [0.4, 0.5) is 5.69 Å². The molecule has 1 aromatic rings. The number of rotatable bonds is 5. The molecule has 0 aromatic heterocycles. The highest BCUT2D eigenvalue weighted by Crippen LogP contribution is 2.27. The van der Waals surface area contributed by atoms with Crippen molar-refractivity contribution in [2.24, 2.45) is 0 Å². The predicted molar refractivity (Wildman–Crippen MR) is 75.9 cm³/mol. The Kier molecular flexibility index (Phi) is 4.79. The first-order chi connectivity index (χ1) is 9.85. The maximum absolute atomic E-state index is 12.3. The first kappa shape index (κ1) is 16.1. The SMILES string of the molecule is CO[C@H]1CNCC1NS(=O)(=O)c1ccc(Cl)c([N+](=O)[O-])c1. The van der Waals surface area contributed by atoms with Gasteiger partial charge in [0.25, 0.3) is 5.69 Å². The number of nitro groups is 1. The summed E-state index contributed by atoms with van der Waals surface area (Å²) in [6.07, 6.45) is -0.290. The molecule has 0 saturated carbocycles. The molecule has 1 saturated heterocycles. The first-order valence-electron chi connectivity index (χ1n) is 6.05. The van der Waals surface area contributed by atoms with Gasteiger partial charge < -0.3 is 10.1 Å². The summed E-state index contributed by atoms with van der Waals surface area (Å²) in [5.74, 6) is 0. The van der Waals surface area contributed by atoms with Gasteiger partial charge in [0.2, 0.25) is 10.0 Å². The van der Waals surface area contributed by atoms with Crippen molar-refractivity contribution in [3.63, 3.8) is 0 Å². The zero-order chi connectivity index (χ0) is 15.6. The van der Waals surface area contributed by atoms with Crippen LogP contribution < -0.4 is 10.0 Å². The van der Waals surface area contributed by atoms with Crippen LogP contribution in [0.3, 0.4) is 0 Å². The number of hydrogen-bond acceptors (Lipinski definition) is 6. The average Bonchev–Trinajstić information content (AvgIpc) is 2.85. The molecule has 116 valence electrons. The quantitative estimate of drug-likeness (QED) is 0.599. The fourth-order valence-electron chi connectivity index (χ4n) is 2.09. The molecule has 2 rings (SSSR count). The van der Waals surface area contributed by atoms with Gasteiger partial charge in [-0.2, -0.15) is 0 Å². The van der Waals surface area contributed by atoms with Crippen LogP contribution in [0.2, 0.25) is 5.02 Å². The summed E-state index contributed by atoms with van der Waals surface area (Å²) in [6, 6.07) is 2.92. The van der Waals surface area contributed by atoms with Gasteiger partial charge in [0.15, 0.2) is 0 Å². The monoisotopic (exact) mass is 335 g/mol. The van der Waals surface area contributed by atoms with Gasteiger partial charge in [0.05, 0.1) is 22.0 Å². The number of nitrogens with one attached hydrogen (secondary N) is 2. The number of benzene rings is 1. The first-order valence-corrected chi connectivity index (χ1v) is 7.91. The second kappa shape index (κ2) is 6.24. The van der Waals surface area contributed by atoms with Crippen molar-refractivity contribution >= 4 is 27.3 Å². The van der Waals surface area contributed by atoms with Crippen LogP contribution in [0.15, 0.2) is 23.1 Å². The van der Waals surface area contributed by atoms with E-state index >= 15 is 0 Å². The van der Waals surface area contributed by atoms with Crippen LogP contribution in [0.5, 0.6) is 0 Å². The summed E-state index contributed by atoms with van der Waals surface area (Å²) < 4.78 is 32.2. The lowest BCUT2D eigenvalue weighted by Gasteiger charge is -2.18. The summed E-state index contributed by atoms with van der Waals surface area (Å²) in [5.41, 5.74) is -0.451. The predicted octanol–water partition coefficient (Wildman–Crippen LogP) is 0.513. The summed E-state index contributed by atoms with van der Waals surface area (Å²) in [7, 11) is -2.40. The molecular weight excluding hydrogens is 322 g/mol. The molecule has 0 amide bonds. The zero-order valence-electron chi connectivity index (χ0n) is 11.1. The molecule has 2 N–H and O–H groups in total. The number of nitro benzene ring substituents is 1. The Hall–Kier alpha value is -1.26. The van der Waals surface area contributed by atoms with Gasteiger partial charge in [-0.05, 0) is 12.1 Å². The third-order valence-electron chi connectivity index (χ3n) is 3.19. The van der Waals surface area contributed by atoms with E-state index in [1.807, 2.05) is 0 Å². The molecule has 8 nitrogen and oxygen atoms in total. The number of methoxy groups -OCH3 is 1. The molecule has 0 spiro atoms. The van der Waals surface area contributed by atoms with Crippen molar-refractivity contribution < 1.29 is 18.1 Å². The lowest BCUT2D eigenvalue weighted by Crippen LogP contribution is -2.43. The highest BCUT2D eigenvalue weighted by atomic mass is 35.5. The van der Waals surface area contributed by atoms with E-state index in [1.54, 1.807) is 0 Å². The Morgan fingerprint density at radius 3 is 2.81 bits per heavy atom. The maximum atomic E-state index is 12.3. The van der Waals surface area contributed by atoms with E-state index in [-0.39, 0.29) is 16.0 Å². The normalized spacial score (nSPS) is 22.4. The van der Waals surface area contributed by atoms with Gasteiger partial charge in [-0.1, -0.05) is 11.6 Å². The largest absolute Gasteiger partial charge is 0.378 e. The standard InChI is InChI=1S/C11H14ClN3O5S/c1-20-11-6-13-5-9(11)14-21(18,19)7-2-3-8(12)10(4-7)15(16)17/h2-4,9,11,13-14H,5-6H2,1H3/t9?,11-/m0/s1. The van der Waals surface area contributed by atoms with Gasteiger partial charge in [-0.3, -0.25) is 10.1 Å². The second-order valence-corrected chi connectivity index (χ2v) is 6.65. The molecule has 0 radical (unpaired) electrons. The van der Waals surface area contributed by atoms with Crippen molar-refractivity contribution in [3.8, 4) is 0 Å². The summed E-state index contributed by atoms with van der Waals surface area (Å²) in [4.78, 5) is 9.89. The Morgan fingerprint density at radius 2 is 2.19 bits per heavy atom. The molecule has 0 aliphatic carbocycles. The number of ether oxygens (including phenoxy) is 1. The van der Waals surface area contributed by atoms with Gasteiger partial charge in [0, 0.05) is 26.3 Å². The highest BCUT2D eigenvalue weighted by Gasteiger charge is 2.32. The average molecular weight is 336 g/mol. The van der Waals surface area contributed by atoms with Crippen LogP contribution in [0, 0.1) is 10.1 Å². The summed E-state index contributed by atoms with van der Waals surface area (Å²) in [5, 5.41) is 13.7. The summed E-state index contributed by atoms with van der Waals surface area (Å²) in [6.45, 7) is 0.956. The van der Waals surface area contributed by atoms with Crippen molar-refractivity contribution in [1.29, 1.82) is 0 Å². The van der Waals surface area contributed by atoms with Crippen molar-refractivity contribution in [1.82, 2.24) is 10.0 Å². The highest BCUT2D eigenvalue weighted by molar-refractivity contribution is 7.89. The van der Waals surface area contributed by atoms with E-state index in [4.69, 9.17) is 16.3 Å². The molecule has 1 aliphatic heterocycles. The minimum absolute atomic E-state index is 0.115. The number of sulfonamides is 1. The van der Waals surface area contributed by atoms with Gasteiger partial charge in [-0.15, -0.1) is 0 Å². The Morgan fingerprint density at radius 1 is 1.48 bits per heavy atom. The van der Waals surface area contributed by atoms with E-state index in [1.165, 1.54) is 19.2 Å². The molecule has 1 fully saturated rings. The minimum Gasteiger partial charge on any atom is -0.378 e. The van der Waals surface area contributed by atoms with Gasteiger partial charge in [-0.25, -0.2) is 13.1 Å². The fraction of sp³-hybridized carbons (Fsp3) is 0.455. The van der Waals surface area contributed by atoms with Crippen molar-refractivity contribution in [2.45, 2.75) is 17.0 Å². The molecule has 1 aliphatic rings. The van der Waals surface area contributed by atoms with E-state index in [0.717, 1.165) is 6.07 Å². The van der Waals surface area contributed by atoms with Crippen LogP contribution in [-0.2, 0) is 14.8 Å². The number of nitrogens with zero attached hydrogens (tertiary/aromatic N) is 1. The third-order valence-corrected chi connectivity index (χ3v) is 5.00. The molecule has 1 heterocycles. The second-order valence-electron chi connectivity index (χ2n) is 4.53. The van der Waals surface area contributed by atoms with Crippen molar-refractivity contribution in [2.75, 3.05) is 20.2 Å². The molecule has 2 atom stereocenters. The number of halogens is 1. The molecule has 10 heteroatoms. The third kappa shape index (κ3) is 3.50. The van der Waals surface area contributed by atoms with Crippen LogP contribution in [0.1, 0.15) is 0 Å². The van der Waals surface area contributed by atoms with Crippen LogP contribution in [-0.4, -0.2) is 45.7 Å².